The third-order valence-electron chi connectivity index (χ3n) is 6.56. The van der Waals surface area contributed by atoms with Crippen molar-refractivity contribution in [2.45, 2.75) is 142 Å². The van der Waals surface area contributed by atoms with E-state index in [1.165, 1.54) is 122 Å². The zero-order valence-electron chi connectivity index (χ0n) is 21.4. The second-order valence-corrected chi connectivity index (χ2v) is 9.73. The van der Waals surface area contributed by atoms with E-state index in [0.29, 0.717) is 6.42 Å². The molecule has 1 rings (SSSR count). The highest BCUT2D eigenvalue weighted by atomic mass is 16.1. The molecule has 0 spiro atoms. The van der Waals surface area contributed by atoms with Crippen molar-refractivity contribution in [1.82, 2.24) is 5.32 Å². The van der Waals surface area contributed by atoms with E-state index in [1.807, 2.05) is 30.3 Å². The van der Waals surface area contributed by atoms with Crippen LogP contribution in [-0.2, 0) is 11.2 Å². The van der Waals surface area contributed by atoms with Crippen LogP contribution in [0.15, 0.2) is 30.3 Å². The van der Waals surface area contributed by atoms with E-state index in [9.17, 15) is 4.79 Å². The molecule has 0 aliphatic carbocycles. The molecule has 0 radical (unpaired) electrons. The van der Waals surface area contributed by atoms with Crippen molar-refractivity contribution in [1.29, 1.82) is 0 Å². The maximum Gasteiger partial charge on any atom is 0.224 e. The van der Waals surface area contributed by atoms with Gasteiger partial charge in [-0.1, -0.05) is 159 Å². The first-order chi connectivity index (χ1) is 15.8. The Kier molecular flexibility index (Phi) is 20.5. The van der Waals surface area contributed by atoms with Gasteiger partial charge in [0.1, 0.15) is 0 Å². The van der Waals surface area contributed by atoms with Crippen molar-refractivity contribution in [2.24, 2.45) is 0 Å². The van der Waals surface area contributed by atoms with Crippen LogP contribution in [-0.4, -0.2) is 12.5 Å². The fourth-order valence-corrected chi connectivity index (χ4v) is 4.45. The molecule has 0 bridgehead atoms. The van der Waals surface area contributed by atoms with Gasteiger partial charge in [-0.3, -0.25) is 4.79 Å². The van der Waals surface area contributed by atoms with Crippen molar-refractivity contribution in [2.75, 3.05) is 6.54 Å². The molecular weight excluding hydrogens is 390 g/mol. The van der Waals surface area contributed by atoms with Gasteiger partial charge in [-0.15, -0.1) is 0 Å². The Morgan fingerprint density at radius 2 is 0.938 bits per heavy atom. The van der Waals surface area contributed by atoms with E-state index in [-0.39, 0.29) is 5.91 Å². The number of benzene rings is 1. The van der Waals surface area contributed by atoms with E-state index in [4.69, 9.17) is 0 Å². The molecule has 1 aromatic carbocycles. The highest BCUT2D eigenvalue weighted by molar-refractivity contribution is 5.78. The molecule has 0 saturated carbocycles. The van der Waals surface area contributed by atoms with Crippen LogP contribution in [0.1, 0.15) is 141 Å². The Balaban J connectivity index is 1.70. The average Bonchev–Trinajstić information content (AvgIpc) is 2.80. The lowest BCUT2D eigenvalue weighted by atomic mass is 10.0. The second kappa shape index (κ2) is 22.9. The summed E-state index contributed by atoms with van der Waals surface area (Å²) < 4.78 is 0. The number of rotatable bonds is 23. The summed E-state index contributed by atoms with van der Waals surface area (Å²) in [4.78, 5) is 11.9. The van der Waals surface area contributed by atoms with Gasteiger partial charge in [-0.25, -0.2) is 0 Å². The first-order valence-corrected chi connectivity index (χ1v) is 14.1. The van der Waals surface area contributed by atoms with Gasteiger partial charge in [-0.2, -0.15) is 0 Å². The minimum atomic E-state index is 0.147. The highest BCUT2D eigenvalue weighted by Crippen LogP contribution is 2.14. The standard InChI is InChI=1S/C30H53NO/c1-2-3-4-5-6-7-8-9-10-11-12-13-14-15-16-17-18-19-20-24-27-31-30(32)28-29-25-22-21-23-26-29/h21-23,25-26H,2-20,24,27-28H2,1H3,(H,31,32). The molecule has 1 aromatic rings. The lowest BCUT2D eigenvalue weighted by Gasteiger charge is -2.06. The molecular formula is C30H53NO. The van der Waals surface area contributed by atoms with Crippen molar-refractivity contribution in [3.8, 4) is 0 Å². The van der Waals surface area contributed by atoms with Gasteiger partial charge in [0.05, 0.1) is 6.42 Å². The van der Waals surface area contributed by atoms with Gasteiger partial charge in [0.15, 0.2) is 0 Å². The summed E-state index contributed by atoms with van der Waals surface area (Å²) in [5.74, 6) is 0.147. The van der Waals surface area contributed by atoms with Crippen molar-refractivity contribution < 1.29 is 4.79 Å². The monoisotopic (exact) mass is 443 g/mol. The zero-order chi connectivity index (χ0) is 23.0. The molecule has 2 nitrogen and oxygen atoms in total. The number of hydrogen-bond acceptors (Lipinski definition) is 1. The van der Waals surface area contributed by atoms with Crippen LogP contribution in [0.5, 0.6) is 0 Å². The molecule has 0 aromatic heterocycles. The molecule has 2 heteroatoms. The molecule has 0 aliphatic rings. The lowest BCUT2D eigenvalue weighted by Crippen LogP contribution is -2.26. The smallest absolute Gasteiger partial charge is 0.224 e. The zero-order valence-corrected chi connectivity index (χ0v) is 21.4. The van der Waals surface area contributed by atoms with Gasteiger partial charge < -0.3 is 5.32 Å². The summed E-state index contributed by atoms with van der Waals surface area (Å²) in [6.07, 6.45) is 28.5. The second-order valence-electron chi connectivity index (χ2n) is 9.73. The van der Waals surface area contributed by atoms with Crippen molar-refractivity contribution in [3.63, 3.8) is 0 Å². The van der Waals surface area contributed by atoms with Gasteiger partial charge in [0, 0.05) is 6.54 Å². The Morgan fingerprint density at radius 1 is 0.562 bits per heavy atom. The van der Waals surface area contributed by atoms with E-state index < -0.39 is 0 Å². The van der Waals surface area contributed by atoms with Crippen molar-refractivity contribution in [3.05, 3.63) is 35.9 Å². The summed E-state index contributed by atoms with van der Waals surface area (Å²) in [7, 11) is 0. The summed E-state index contributed by atoms with van der Waals surface area (Å²) >= 11 is 0. The molecule has 0 fully saturated rings. The molecule has 1 N–H and O–H groups in total. The molecule has 0 saturated heterocycles. The van der Waals surface area contributed by atoms with Gasteiger partial charge in [-0.05, 0) is 12.0 Å². The predicted octanol–water partition coefficient (Wildman–Crippen LogP) is 9.17. The number of hydrogen-bond donors (Lipinski definition) is 1. The fraction of sp³-hybridized carbons (Fsp3) is 0.767. The molecule has 1 amide bonds. The maximum absolute atomic E-state index is 11.9. The Bertz CT molecular complexity index is 513. The first-order valence-electron chi connectivity index (χ1n) is 14.1. The summed E-state index contributed by atoms with van der Waals surface area (Å²) in [5.41, 5.74) is 1.09. The Labute approximate surface area is 200 Å². The molecule has 0 heterocycles. The lowest BCUT2D eigenvalue weighted by molar-refractivity contribution is -0.120. The van der Waals surface area contributed by atoms with Gasteiger partial charge in [0.2, 0.25) is 5.91 Å². The largest absolute Gasteiger partial charge is 0.356 e. The quantitative estimate of drug-likeness (QED) is 0.168. The molecule has 184 valence electrons. The topological polar surface area (TPSA) is 29.1 Å². The molecule has 0 aliphatic heterocycles. The Hall–Kier alpha value is -1.31. The first kappa shape index (κ1) is 28.7. The maximum atomic E-state index is 11.9. The van der Waals surface area contributed by atoms with Crippen LogP contribution in [0, 0.1) is 0 Å². The highest BCUT2D eigenvalue weighted by Gasteiger charge is 2.01. The fourth-order valence-electron chi connectivity index (χ4n) is 4.45. The number of nitrogens with one attached hydrogen (secondary N) is 1. The van der Waals surface area contributed by atoms with Gasteiger partial charge >= 0.3 is 0 Å². The van der Waals surface area contributed by atoms with Crippen molar-refractivity contribution >= 4 is 5.91 Å². The van der Waals surface area contributed by atoms with Gasteiger partial charge in [0.25, 0.3) is 0 Å². The molecule has 32 heavy (non-hydrogen) atoms. The Morgan fingerprint density at radius 3 is 1.34 bits per heavy atom. The normalized spacial score (nSPS) is 11.0. The predicted molar refractivity (Wildman–Crippen MR) is 141 cm³/mol. The van der Waals surface area contributed by atoms with E-state index in [1.54, 1.807) is 0 Å². The minimum absolute atomic E-state index is 0.147. The number of amides is 1. The number of carbonyl (C=O) groups is 1. The number of carbonyl (C=O) groups excluding carboxylic acids is 1. The van der Waals surface area contributed by atoms with E-state index in [2.05, 4.69) is 12.2 Å². The van der Waals surface area contributed by atoms with E-state index >= 15 is 0 Å². The van der Waals surface area contributed by atoms with Crippen LogP contribution < -0.4 is 5.32 Å². The molecule has 0 atom stereocenters. The van der Waals surface area contributed by atoms with E-state index in [0.717, 1.165) is 18.5 Å². The van der Waals surface area contributed by atoms with Crippen LogP contribution >= 0.6 is 0 Å². The minimum Gasteiger partial charge on any atom is -0.356 e. The third kappa shape index (κ3) is 19.4. The average molecular weight is 444 g/mol. The van der Waals surface area contributed by atoms with Crippen LogP contribution in [0.3, 0.4) is 0 Å². The third-order valence-corrected chi connectivity index (χ3v) is 6.56. The SMILES string of the molecule is CCCCCCCCCCCCCCCCCCCCCCNC(=O)Cc1ccccc1. The molecule has 0 unspecified atom stereocenters. The number of unbranched alkanes of at least 4 members (excludes halogenated alkanes) is 19. The van der Waals surface area contributed by atoms with Crippen LogP contribution in [0.4, 0.5) is 0 Å². The summed E-state index contributed by atoms with van der Waals surface area (Å²) in [5, 5.41) is 3.05. The summed E-state index contributed by atoms with van der Waals surface area (Å²) in [6.45, 7) is 3.12. The van der Waals surface area contributed by atoms with Crippen LogP contribution in [0.2, 0.25) is 0 Å². The summed E-state index contributed by atoms with van der Waals surface area (Å²) in [6, 6.07) is 9.98. The van der Waals surface area contributed by atoms with Crippen LogP contribution in [0.25, 0.3) is 0 Å².